The molecule has 2 rings (SSSR count). The van der Waals surface area contributed by atoms with E-state index < -0.39 is 0 Å². The third-order valence-corrected chi connectivity index (χ3v) is 4.56. The van der Waals surface area contributed by atoms with Crippen molar-refractivity contribution in [3.05, 3.63) is 90.8 Å². The van der Waals surface area contributed by atoms with Crippen LogP contribution < -0.4 is 16.2 Å². The predicted octanol–water partition coefficient (Wildman–Crippen LogP) is 4.77. The lowest BCUT2D eigenvalue weighted by Gasteiger charge is -2.17. The minimum absolute atomic E-state index is 0.582. The van der Waals surface area contributed by atoms with E-state index in [1.54, 1.807) is 6.20 Å². The van der Waals surface area contributed by atoms with Gasteiger partial charge in [-0.15, -0.1) is 0 Å². The molecule has 1 aliphatic carbocycles. The first-order chi connectivity index (χ1) is 14.5. The third kappa shape index (κ3) is 8.45. The van der Waals surface area contributed by atoms with Crippen LogP contribution in [0.3, 0.4) is 0 Å². The van der Waals surface area contributed by atoms with Gasteiger partial charge in [0.15, 0.2) is 0 Å². The van der Waals surface area contributed by atoms with E-state index in [9.17, 15) is 0 Å². The maximum Gasteiger partial charge on any atom is 0.117 e. The van der Waals surface area contributed by atoms with Gasteiger partial charge in [0.1, 0.15) is 5.84 Å². The average molecular weight is 404 g/mol. The Hall–Kier alpha value is -3.18. The van der Waals surface area contributed by atoms with Crippen molar-refractivity contribution >= 4 is 17.2 Å². The van der Waals surface area contributed by atoms with Gasteiger partial charge in [-0.2, -0.15) is 0 Å². The average Bonchev–Trinajstić information content (AvgIpc) is 2.72. The van der Waals surface area contributed by atoms with Crippen LogP contribution in [0.2, 0.25) is 0 Å². The molecule has 5 nitrogen and oxygen atoms in total. The Morgan fingerprint density at radius 2 is 1.93 bits per heavy atom. The van der Waals surface area contributed by atoms with E-state index in [0.29, 0.717) is 18.2 Å². The molecule has 1 atom stereocenters. The molecule has 0 spiro atoms. The van der Waals surface area contributed by atoms with Crippen LogP contribution in [0.1, 0.15) is 32.8 Å². The van der Waals surface area contributed by atoms with Crippen molar-refractivity contribution in [1.82, 2.24) is 16.2 Å². The third-order valence-electron chi connectivity index (χ3n) is 4.56. The van der Waals surface area contributed by atoms with Gasteiger partial charge in [0, 0.05) is 25.0 Å². The number of rotatable bonds is 10. The summed E-state index contributed by atoms with van der Waals surface area (Å²) in [6, 6.07) is 9.89. The minimum Gasteiger partial charge on any atom is -0.307 e. The molecule has 0 aliphatic heterocycles. The Labute approximate surface area is 180 Å². The van der Waals surface area contributed by atoms with Crippen molar-refractivity contribution in [2.45, 2.75) is 27.2 Å². The Bertz CT molecular complexity index is 872. The van der Waals surface area contributed by atoms with Crippen molar-refractivity contribution < 1.29 is 0 Å². The van der Waals surface area contributed by atoms with Gasteiger partial charge in [0.25, 0.3) is 0 Å². The Morgan fingerprint density at radius 1 is 1.17 bits per heavy atom. The maximum atomic E-state index is 4.51. The highest BCUT2D eigenvalue weighted by Gasteiger charge is 2.09. The molecule has 5 heteroatoms. The largest absolute Gasteiger partial charge is 0.307 e. The van der Waals surface area contributed by atoms with Crippen LogP contribution >= 0.6 is 0 Å². The minimum atomic E-state index is 0.582. The van der Waals surface area contributed by atoms with Gasteiger partial charge < -0.3 is 10.7 Å². The summed E-state index contributed by atoms with van der Waals surface area (Å²) in [7, 11) is 0. The van der Waals surface area contributed by atoms with Crippen LogP contribution in [0.15, 0.2) is 95.2 Å². The summed E-state index contributed by atoms with van der Waals surface area (Å²) in [6.45, 7) is 15.4. The number of nitrogens with zero attached hydrogens (tertiary/aromatic N) is 2. The molecule has 0 radical (unpaired) electrons. The SMILES string of the molecule is C=C(C)N=C(/C=C\NNC(C)=NC(=C)c1ccccc1)CNCC1=CC=CCC1C. The van der Waals surface area contributed by atoms with Gasteiger partial charge in [0.05, 0.1) is 11.4 Å². The molecule has 158 valence electrons. The van der Waals surface area contributed by atoms with E-state index in [1.807, 2.05) is 50.3 Å². The highest BCUT2D eigenvalue weighted by atomic mass is 15.4. The number of hydrogen-bond acceptors (Lipinski definition) is 4. The number of benzene rings is 1. The number of aliphatic imine (C=N–C) groups is 2. The predicted molar refractivity (Wildman–Crippen MR) is 130 cm³/mol. The molecule has 30 heavy (non-hydrogen) atoms. The first kappa shape index (κ1) is 23.1. The molecule has 3 N–H and O–H groups in total. The van der Waals surface area contributed by atoms with Crippen LogP contribution in [0.25, 0.3) is 5.70 Å². The standard InChI is InChI=1S/C25H33N5/c1-19(2)28-25(18-26-17-24-14-10-9-11-20(24)3)15-16-27-30-22(5)29-21(4)23-12-7-6-8-13-23/h6-10,12-16,20,26-27H,1,4,11,17-18H2,2-3,5H3,(H,29,30)/b16-15-,28-25?. The second-order valence-corrected chi connectivity index (χ2v) is 7.36. The summed E-state index contributed by atoms with van der Waals surface area (Å²) >= 11 is 0. The van der Waals surface area contributed by atoms with Gasteiger partial charge in [-0.25, -0.2) is 4.99 Å². The second kappa shape index (κ2) is 12.4. The molecule has 0 saturated heterocycles. The first-order valence-corrected chi connectivity index (χ1v) is 10.2. The quantitative estimate of drug-likeness (QED) is 0.300. The Morgan fingerprint density at radius 3 is 2.63 bits per heavy atom. The molecule has 1 unspecified atom stereocenters. The number of nitrogens with one attached hydrogen (secondary N) is 3. The second-order valence-electron chi connectivity index (χ2n) is 7.36. The molecule has 0 heterocycles. The summed E-state index contributed by atoms with van der Waals surface area (Å²) in [5, 5.41) is 3.48. The monoisotopic (exact) mass is 403 g/mol. The van der Waals surface area contributed by atoms with E-state index in [1.165, 1.54) is 5.57 Å². The molecular weight excluding hydrogens is 370 g/mol. The van der Waals surface area contributed by atoms with Gasteiger partial charge in [-0.05, 0) is 37.8 Å². The number of amidine groups is 1. The zero-order valence-electron chi connectivity index (χ0n) is 18.3. The van der Waals surface area contributed by atoms with E-state index in [4.69, 9.17) is 0 Å². The summed E-state index contributed by atoms with van der Waals surface area (Å²) in [4.78, 5) is 8.98. The fourth-order valence-electron chi connectivity index (χ4n) is 2.95. The molecular formula is C25H33N5. The zero-order chi connectivity index (χ0) is 21.8. The smallest absolute Gasteiger partial charge is 0.117 e. The number of hydrazine groups is 1. The van der Waals surface area contributed by atoms with Crippen LogP contribution in [0.4, 0.5) is 0 Å². The van der Waals surface area contributed by atoms with E-state index in [2.05, 4.69) is 64.5 Å². The highest BCUT2D eigenvalue weighted by molar-refractivity contribution is 5.97. The van der Waals surface area contributed by atoms with Gasteiger partial charge in [-0.3, -0.25) is 10.4 Å². The number of allylic oxidation sites excluding steroid dienone is 4. The van der Waals surface area contributed by atoms with Gasteiger partial charge in [-0.1, -0.05) is 74.2 Å². The van der Waals surface area contributed by atoms with E-state index >= 15 is 0 Å². The Balaban J connectivity index is 1.83. The van der Waals surface area contributed by atoms with E-state index in [-0.39, 0.29) is 0 Å². The summed E-state index contributed by atoms with van der Waals surface area (Å²) in [5.41, 5.74) is 10.9. The molecule has 1 aliphatic rings. The molecule has 0 fully saturated rings. The topological polar surface area (TPSA) is 60.8 Å². The van der Waals surface area contributed by atoms with Crippen molar-refractivity contribution in [3.63, 3.8) is 0 Å². The first-order valence-electron chi connectivity index (χ1n) is 10.2. The van der Waals surface area contributed by atoms with Crippen molar-refractivity contribution in [3.8, 4) is 0 Å². The lowest BCUT2D eigenvalue weighted by atomic mass is 9.93. The molecule has 0 aromatic heterocycles. The maximum absolute atomic E-state index is 4.51. The van der Waals surface area contributed by atoms with Crippen LogP contribution in [-0.2, 0) is 0 Å². The molecule has 1 aromatic carbocycles. The fourth-order valence-corrected chi connectivity index (χ4v) is 2.95. The Kier molecular flexibility index (Phi) is 9.55. The van der Waals surface area contributed by atoms with Crippen molar-refractivity contribution in [2.75, 3.05) is 13.1 Å². The molecule has 1 aromatic rings. The highest BCUT2D eigenvalue weighted by Crippen LogP contribution is 2.18. The van der Waals surface area contributed by atoms with E-state index in [0.717, 1.165) is 35.8 Å². The number of hydrogen-bond donors (Lipinski definition) is 3. The summed E-state index contributed by atoms with van der Waals surface area (Å²) in [6.07, 6.45) is 11.4. The van der Waals surface area contributed by atoms with Gasteiger partial charge in [0.2, 0.25) is 0 Å². The molecule has 0 amide bonds. The normalized spacial score (nSPS) is 17.0. The fraction of sp³-hybridized carbons (Fsp3) is 0.280. The van der Waals surface area contributed by atoms with Crippen LogP contribution in [0.5, 0.6) is 0 Å². The molecule has 0 bridgehead atoms. The van der Waals surface area contributed by atoms with Crippen LogP contribution in [-0.4, -0.2) is 24.6 Å². The van der Waals surface area contributed by atoms with Crippen LogP contribution in [0, 0.1) is 5.92 Å². The van der Waals surface area contributed by atoms with Gasteiger partial charge >= 0.3 is 0 Å². The summed E-state index contributed by atoms with van der Waals surface area (Å²) in [5.74, 6) is 1.30. The summed E-state index contributed by atoms with van der Waals surface area (Å²) < 4.78 is 0. The molecule has 0 saturated carbocycles. The zero-order valence-corrected chi connectivity index (χ0v) is 18.3. The van der Waals surface area contributed by atoms with Crippen molar-refractivity contribution in [2.24, 2.45) is 15.9 Å². The lowest BCUT2D eigenvalue weighted by molar-refractivity contribution is 0.640. The lowest BCUT2D eigenvalue weighted by Crippen LogP contribution is -2.32. The van der Waals surface area contributed by atoms with Crippen molar-refractivity contribution in [1.29, 1.82) is 0 Å².